The third-order valence-electron chi connectivity index (χ3n) is 7.96. The Kier molecular flexibility index (Phi) is 10.7. The van der Waals surface area contributed by atoms with Crippen molar-refractivity contribution in [3.05, 3.63) is 89.5 Å². The molecule has 4 rings (SSSR count). The van der Waals surface area contributed by atoms with E-state index in [-0.39, 0.29) is 29.8 Å². The topological polar surface area (TPSA) is 90.0 Å². The molecule has 1 N–H and O–H groups in total. The second-order valence-corrected chi connectivity index (χ2v) is 18.9. The third-order valence-corrected chi connectivity index (χ3v) is 13.3. The lowest BCUT2D eigenvalue weighted by Gasteiger charge is -2.56. The summed E-state index contributed by atoms with van der Waals surface area (Å²) in [6, 6.07) is 21.1. The molecule has 1 aliphatic rings. The zero-order chi connectivity index (χ0) is 33.9. The van der Waals surface area contributed by atoms with Gasteiger partial charge < -0.3 is 19.2 Å². The van der Waals surface area contributed by atoms with Crippen LogP contribution in [0, 0.1) is 5.82 Å². The van der Waals surface area contributed by atoms with E-state index in [1.807, 2.05) is 36.4 Å². The van der Waals surface area contributed by atoms with E-state index in [1.165, 1.54) is 4.90 Å². The number of pyridine rings is 1. The Hall–Kier alpha value is -3.31. The first kappa shape index (κ1) is 35.5. The van der Waals surface area contributed by atoms with Gasteiger partial charge >= 0.3 is 6.09 Å². The van der Waals surface area contributed by atoms with E-state index in [0.717, 1.165) is 22.6 Å². The summed E-state index contributed by atoms with van der Waals surface area (Å²) in [6.07, 6.45) is -0.519. The van der Waals surface area contributed by atoms with Gasteiger partial charge in [-0.05, 0) is 40.7 Å². The third kappa shape index (κ3) is 7.97. The van der Waals surface area contributed by atoms with E-state index in [9.17, 15) is 14.0 Å². The van der Waals surface area contributed by atoms with E-state index in [0.29, 0.717) is 5.69 Å². The van der Waals surface area contributed by atoms with Crippen molar-refractivity contribution in [2.45, 2.75) is 83.7 Å². The predicted octanol–water partition coefficient (Wildman–Crippen LogP) is 5.81. The smallest absolute Gasteiger partial charge is 0.410 e. The van der Waals surface area contributed by atoms with Crippen molar-refractivity contribution in [2.75, 3.05) is 19.8 Å². The molecule has 1 aromatic heterocycles. The van der Waals surface area contributed by atoms with Gasteiger partial charge in [0.05, 0.1) is 50.0 Å². The van der Waals surface area contributed by atoms with Gasteiger partial charge in [-0.1, -0.05) is 93.0 Å². The second-order valence-electron chi connectivity index (χ2n) is 14.2. The van der Waals surface area contributed by atoms with Crippen LogP contribution in [0.4, 0.5) is 9.18 Å². The van der Waals surface area contributed by atoms with Crippen molar-refractivity contribution >= 4 is 42.3 Å². The van der Waals surface area contributed by atoms with Gasteiger partial charge in [0.1, 0.15) is 11.4 Å². The average Bonchev–Trinajstić information content (AvgIpc) is 2.96. The summed E-state index contributed by atoms with van der Waals surface area (Å²) < 4.78 is 32.7. The molecule has 0 bridgehead atoms. The number of carbonyl (C=O) groups excluding carboxylic acids is 2. The zero-order valence-electron chi connectivity index (χ0n) is 27.9. The average molecular weight is 670 g/mol. The van der Waals surface area contributed by atoms with Gasteiger partial charge in [-0.3, -0.25) is 14.7 Å². The molecule has 0 unspecified atom stereocenters. The first-order valence-corrected chi connectivity index (χ1v) is 17.7. The first-order chi connectivity index (χ1) is 21.4. The van der Waals surface area contributed by atoms with Crippen LogP contribution < -0.4 is 15.7 Å². The molecule has 3 aromatic rings. The van der Waals surface area contributed by atoms with Crippen molar-refractivity contribution in [3.63, 3.8) is 0 Å². The van der Waals surface area contributed by atoms with Crippen LogP contribution in [0.5, 0.6) is 0 Å². The quantitative estimate of drug-likeness (QED) is 0.305. The monoisotopic (exact) mass is 669 g/mol. The van der Waals surface area contributed by atoms with Gasteiger partial charge in [0, 0.05) is 6.61 Å². The number of carbonyl (C=O) groups is 2. The number of hydrogen-bond donors (Lipinski definition) is 1. The molecule has 2 amide bonds. The highest BCUT2D eigenvalue weighted by atomic mass is 35.5. The zero-order valence-corrected chi connectivity index (χ0v) is 29.7. The second kappa shape index (κ2) is 13.8. The Morgan fingerprint density at radius 3 is 2.07 bits per heavy atom. The standard InChI is InChI=1S/C35H45ClFN3O5Si/c1-33(2,3)45-32(42)40-21-29(31(41)39-35(7,8)30-28(36)19-24(37)20-38-30)43-22-25(40)23-44-46(34(4,5)6,26-15-11-9-12-16-26)27-17-13-10-14-18-27/h9-20,25,29H,21-23H2,1-8H3,(H,39,41)/q-1/t25-,29-/m0/s1. The molecule has 249 valence electrons. The largest absolute Gasteiger partial charge is 0.556 e. The van der Waals surface area contributed by atoms with E-state index in [2.05, 4.69) is 55.3 Å². The van der Waals surface area contributed by atoms with Crippen LogP contribution in [0.25, 0.3) is 0 Å². The fourth-order valence-corrected chi connectivity index (χ4v) is 10.8. The number of ether oxygens (including phenoxy) is 2. The number of hydrogen-bond acceptors (Lipinski definition) is 6. The van der Waals surface area contributed by atoms with Crippen LogP contribution in [-0.4, -0.2) is 67.7 Å². The summed E-state index contributed by atoms with van der Waals surface area (Å²) in [5.74, 6) is -1.04. The molecule has 1 fully saturated rings. The number of rotatable bonds is 8. The summed E-state index contributed by atoms with van der Waals surface area (Å²) in [5, 5.41) is 4.95. The fourth-order valence-electron chi connectivity index (χ4n) is 5.84. The van der Waals surface area contributed by atoms with Crippen LogP contribution in [0.1, 0.15) is 61.1 Å². The Bertz CT molecular complexity index is 1470. The molecule has 0 spiro atoms. The number of nitrogens with zero attached hydrogens (tertiary/aromatic N) is 2. The van der Waals surface area contributed by atoms with Crippen molar-refractivity contribution in [2.24, 2.45) is 0 Å². The predicted molar refractivity (Wildman–Crippen MR) is 180 cm³/mol. The van der Waals surface area contributed by atoms with Crippen LogP contribution in [0.3, 0.4) is 0 Å². The van der Waals surface area contributed by atoms with E-state index >= 15 is 0 Å². The summed E-state index contributed by atoms with van der Waals surface area (Å²) in [5.41, 5.74) is -1.50. The summed E-state index contributed by atoms with van der Waals surface area (Å²) in [6.45, 7) is 15.5. The highest BCUT2D eigenvalue weighted by Gasteiger charge is 2.42. The molecule has 0 radical (unpaired) electrons. The molecular weight excluding hydrogens is 625 g/mol. The number of halogens is 2. The molecule has 2 atom stereocenters. The Labute approximate surface area is 277 Å². The minimum absolute atomic E-state index is 0.0471. The maximum atomic E-state index is 13.6. The molecule has 2 aromatic carbocycles. The summed E-state index contributed by atoms with van der Waals surface area (Å²) >= 11 is 6.26. The number of nitrogens with one attached hydrogen (secondary N) is 1. The lowest BCUT2D eigenvalue weighted by molar-refractivity contribution is -0.144. The van der Waals surface area contributed by atoms with E-state index in [4.69, 9.17) is 25.5 Å². The maximum Gasteiger partial charge on any atom is 0.410 e. The van der Waals surface area contributed by atoms with Gasteiger partial charge in [0.2, 0.25) is 0 Å². The number of benzene rings is 2. The number of amides is 2. The van der Waals surface area contributed by atoms with Gasteiger partial charge in [0.25, 0.3) is 5.91 Å². The van der Waals surface area contributed by atoms with E-state index < -0.39 is 49.4 Å². The van der Waals surface area contributed by atoms with Crippen molar-refractivity contribution in [1.29, 1.82) is 0 Å². The van der Waals surface area contributed by atoms with Crippen LogP contribution in [-0.2, 0) is 24.2 Å². The van der Waals surface area contributed by atoms with E-state index in [1.54, 1.807) is 34.6 Å². The van der Waals surface area contributed by atoms with Crippen molar-refractivity contribution in [3.8, 4) is 0 Å². The minimum Gasteiger partial charge on any atom is -0.556 e. The molecular formula is C35H45ClFN3O5Si-. The lowest BCUT2D eigenvalue weighted by atomic mass is 9.99. The van der Waals surface area contributed by atoms with Crippen LogP contribution >= 0.6 is 11.6 Å². The number of aromatic nitrogens is 1. The summed E-state index contributed by atoms with van der Waals surface area (Å²) in [7, 11) is -2.92. The molecule has 0 aliphatic carbocycles. The minimum atomic E-state index is -2.92. The molecule has 11 heteroatoms. The van der Waals surface area contributed by atoms with Gasteiger partial charge in [0.15, 0.2) is 6.10 Å². The molecule has 1 aliphatic heterocycles. The number of morpholine rings is 1. The Morgan fingerprint density at radius 1 is 1.00 bits per heavy atom. The first-order valence-electron chi connectivity index (χ1n) is 15.4. The van der Waals surface area contributed by atoms with Gasteiger partial charge in [-0.2, -0.15) is 10.4 Å². The molecule has 8 nitrogen and oxygen atoms in total. The van der Waals surface area contributed by atoms with Gasteiger partial charge in [-0.25, -0.2) is 9.18 Å². The molecule has 0 saturated carbocycles. The van der Waals surface area contributed by atoms with Crippen molar-refractivity contribution in [1.82, 2.24) is 15.2 Å². The molecule has 2 heterocycles. The maximum absolute atomic E-state index is 13.6. The van der Waals surface area contributed by atoms with Crippen LogP contribution in [0.2, 0.25) is 10.1 Å². The molecule has 46 heavy (non-hydrogen) atoms. The highest BCUT2D eigenvalue weighted by Crippen LogP contribution is 2.37. The van der Waals surface area contributed by atoms with Crippen LogP contribution in [0.15, 0.2) is 72.9 Å². The lowest BCUT2D eigenvalue weighted by Crippen LogP contribution is -2.68. The van der Waals surface area contributed by atoms with Gasteiger partial charge in [-0.15, -0.1) is 5.04 Å². The van der Waals surface area contributed by atoms with Crippen molar-refractivity contribution < 1.29 is 27.9 Å². The molecule has 1 saturated heterocycles. The fraction of sp³-hybridized carbons (Fsp3) is 0.457. The summed E-state index contributed by atoms with van der Waals surface area (Å²) in [4.78, 5) is 32.8. The highest BCUT2D eigenvalue weighted by molar-refractivity contribution is 6.99. The SMILES string of the molecule is CC(C)(C)OC(=O)N1C[C@@H](C(=O)NC(C)(C)c2ncc(F)cc2Cl)OC[C@H]1CO[Si-](c1ccccc1)(c1ccccc1)C(C)(C)C. The Balaban J connectivity index is 1.62. The Morgan fingerprint density at radius 2 is 1.57 bits per heavy atom. The normalized spacial score (nSPS) is 17.8.